The summed E-state index contributed by atoms with van der Waals surface area (Å²) < 4.78 is 25.8. The van der Waals surface area contributed by atoms with Gasteiger partial charge in [0.2, 0.25) is 10.0 Å². The molecule has 0 fully saturated rings. The third kappa shape index (κ3) is 3.29. The van der Waals surface area contributed by atoms with Gasteiger partial charge in [0.25, 0.3) is 0 Å². The topological polar surface area (TPSA) is 87.0 Å². The van der Waals surface area contributed by atoms with Crippen LogP contribution in [0.25, 0.3) is 0 Å². The first-order valence-corrected chi connectivity index (χ1v) is 6.54. The fraction of sp³-hybridized carbons (Fsp3) is 0.273. The van der Waals surface area contributed by atoms with Gasteiger partial charge in [0.15, 0.2) is 5.25 Å². The van der Waals surface area contributed by atoms with Crippen LogP contribution in [0.15, 0.2) is 24.3 Å². The van der Waals surface area contributed by atoms with E-state index in [0.717, 1.165) is 0 Å². The van der Waals surface area contributed by atoms with Crippen LogP contribution in [0.4, 0.5) is 5.69 Å². The molecule has 0 aromatic heterocycles. The van der Waals surface area contributed by atoms with E-state index in [9.17, 15) is 13.2 Å². The van der Waals surface area contributed by atoms with E-state index in [-0.39, 0.29) is 12.1 Å². The van der Waals surface area contributed by atoms with E-state index in [0.29, 0.717) is 11.8 Å². The zero-order chi connectivity index (χ0) is 12.9. The highest BCUT2D eigenvalue weighted by Crippen LogP contribution is 2.14. The summed E-state index contributed by atoms with van der Waals surface area (Å²) in [7, 11) is -3.73. The number of sulfonamides is 1. The maximum atomic E-state index is 11.7. The van der Waals surface area contributed by atoms with Crippen molar-refractivity contribution in [1.29, 1.82) is 5.26 Å². The number of hydrogen-bond donors (Lipinski definition) is 1. The van der Waals surface area contributed by atoms with Crippen molar-refractivity contribution >= 4 is 22.0 Å². The van der Waals surface area contributed by atoms with Gasteiger partial charge in [-0.3, -0.25) is 9.52 Å². The number of hydrogen-bond acceptors (Lipinski definition) is 4. The summed E-state index contributed by atoms with van der Waals surface area (Å²) in [5.74, 6) is 0. The summed E-state index contributed by atoms with van der Waals surface area (Å²) in [4.78, 5) is 10.5. The quantitative estimate of drug-likeness (QED) is 0.805. The molecule has 17 heavy (non-hydrogen) atoms. The Morgan fingerprint density at radius 3 is 2.76 bits per heavy atom. The molecule has 1 N–H and O–H groups in total. The zero-order valence-corrected chi connectivity index (χ0v) is 10.1. The van der Waals surface area contributed by atoms with E-state index < -0.39 is 15.3 Å². The number of nitrogens with one attached hydrogen (secondary N) is 1. The minimum Gasteiger partial charge on any atom is -0.298 e. The molecule has 0 saturated heterocycles. The predicted molar refractivity (Wildman–Crippen MR) is 64.1 cm³/mol. The fourth-order valence-electron chi connectivity index (χ4n) is 1.29. The number of aldehydes is 1. The number of anilines is 1. The monoisotopic (exact) mass is 252 g/mol. The molecule has 1 atom stereocenters. The molecule has 0 aliphatic rings. The summed E-state index contributed by atoms with van der Waals surface area (Å²) in [5, 5.41) is 7.62. The average molecular weight is 252 g/mol. The minimum absolute atomic E-state index is 0.208. The largest absolute Gasteiger partial charge is 0.298 e. The number of carbonyl (C=O) groups is 1. The first kappa shape index (κ1) is 13.2. The Balaban J connectivity index is 2.98. The van der Waals surface area contributed by atoms with Gasteiger partial charge in [-0.2, -0.15) is 5.26 Å². The van der Waals surface area contributed by atoms with E-state index in [4.69, 9.17) is 5.26 Å². The van der Waals surface area contributed by atoms with Crippen molar-refractivity contribution in [3.05, 3.63) is 29.8 Å². The Labute approximate surface area is 100 Å². The Kier molecular flexibility index (Phi) is 4.24. The van der Waals surface area contributed by atoms with Gasteiger partial charge in [0.1, 0.15) is 6.29 Å². The third-order valence-electron chi connectivity index (χ3n) is 2.17. The van der Waals surface area contributed by atoms with Crippen LogP contribution in [0.2, 0.25) is 0 Å². The van der Waals surface area contributed by atoms with Gasteiger partial charge in [-0.1, -0.05) is 19.1 Å². The van der Waals surface area contributed by atoms with Crippen LogP contribution in [-0.4, -0.2) is 20.0 Å². The molecule has 1 aromatic rings. The van der Waals surface area contributed by atoms with Crippen LogP contribution in [-0.2, 0) is 10.0 Å². The van der Waals surface area contributed by atoms with Gasteiger partial charge in [-0.25, -0.2) is 8.42 Å². The van der Waals surface area contributed by atoms with Crippen LogP contribution in [0.1, 0.15) is 23.7 Å². The molecule has 0 saturated carbocycles. The van der Waals surface area contributed by atoms with E-state index in [1.165, 1.54) is 12.1 Å². The lowest BCUT2D eigenvalue weighted by Gasteiger charge is -2.11. The number of carbonyl (C=O) groups excluding carboxylic acids is 1. The number of nitrogens with zero attached hydrogens (tertiary/aromatic N) is 1. The molecule has 1 rings (SSSR count). The third-order valence-corrected chi connectivity index (χ3v) is 3.88. The van der Waals surface area contributed by atoms with Crippen molar-refractivity contribution in [3.8, 4) is 6.07 Å². The predicted octanol–water partition coefficient (Wildman–Crippen LogP) is 1.54. The van der Waals surface area contributed by atoms with Crippen LogP contribution in [0.5, 0.6) is 0 Å². The summed E-state index contributed by atoms with van der Waals surface area (Å²) in [5.41, 5.74) is 0.651. The second kappa shape index (κ2) is 5.46. The highest BCUT2D eigenvalue weighted by Gasteiger charge is 2.23. The van der Waals surface area contributed by atoms with Gasteiger partial charge < -0.3 is 0 Å². The van der Waals surface area contributed by atoms with Crippen molar-refractivity contribution in [3.63, 3.8) is 0 Å². The zero-order valence-electron chi connectivity index (χ0n) is 9.25. The van der Waals surface area contributed by atoms with E-state index in [2.05, 4.69) is 4.72 Å². The molecule has 6 heteroatoms. The standard InChI is InChI=1S/C11H12N2O3S/c1-2-11(7-12)17(15,16)13-10-5-3-4-9(6-10)8-14/h3-6,8,11,13H,2H2,1H3. The van der Waals surface area contributed by atoms with Gasteiger partial charge in [0, 0.05) is 11.3 Å². The van der Waals surface area contributed by atoms with Gasteiger partial charge >= 0.3 is 0 Å². The second-order valence-electron chi connectivity index (χ2n) is 3.42. The highest BCUT2D eigenvalue weighted by molar-refractivity contribution is 7.93. The Morgan fingerprint density at radius 2 is 2.24 bits per heavy atom. The Morgan fingerprint density at radius 1 is 1.53 bits per heavy atom. The molecule has 0 heterocycles. The molecule has 0 radical (unpaired) electrons. The second-order valence-corrected chi connectivity index (χ2v) is 5.28. The molecular weight excluding hydrogens is 240 g/mol. The molecule has 0 aliphatic heterocycles. The van der Waals surface area contributed by atoms with E-state index in [1.807, 2.05) is 0 Å². The maximum Gasteiger partial charge on any atom is 0.249 e. The van der Waals surface area contributed by atoms with Gasteiger partial charge in [0.05, 0.1) is 6.07 Å². The molecule has 1 aromatic carbocycles. The molecule has 0 aliphatic carbocycles. The van der Waals surface area contributed by atoms with Crippen LogP contribution >= 0.6 is 0 Å². The van der Waals surface area contributed by atoms with Crippen molar-refractivity contribution in [1.82, 2.24) is 0 Å². The van der Waals surface area contributed by atoms with E-state index >= 15 is 0 Å². The molecule has 0 spiro atoms. The van der Waals surface area contributed by atoms with Crippen molar-refractivity contribution in [2.75, 3.05) is 4.72 Å². The van der Waals surface area contributed by atoms with Crippen LogP contribution in [0, 0.1) is 11.3 Å². The molecule has 0 bridgehead atoms. The fourth-order valence-corrected chi connectivity index (χ4v) is 2.47. The molecule has 90 valence electrons. The summed E-state index contributed by atoms with van der Waals surface area (Å²) in [6, 6.07) is 7.78. The first-order chi connectivity index (χ1) is 8.03. The SMILES string of the molecule is CCC(C#N)S(=O)(=O)Nc1cccc(C=O)c1. The Hall–Kier alpha value is -1.87. The first-order valence-electron chi connectivity index (χ1n) is 5.00. The normalized spacial score (nSPS) is 12.5. The van der Waals surface area contributed by atoms with Gasteiger partial charge in [-0.15, -0.1) is 0 Å². The lowest BCUT2D eigenvalue weighted by molar-refractivity contribution is 0.112. The maximum absolute atomic E-state index is 11.7. The Bertz CT molecular complexity index is 546. The molecular formula is C11H12N2O3S. The number of nitriles is 1. The van der Waals surface area contributed by atoms with Crippen molar-refractivity contribution in [2.24, 2.45) is 0 Å². The lowest BCUT2D eigenvalue weighted by atomic mass is 10.2. The number of benzene rings is 1. The summed E-state index contributed by atoms with van der Waals surface area (Å²) in [6.45, 7) is 1.62. The van der Waals surface area contributed by atoms with E-state index in [1.54, 1.807) is 25.1 Å². The lowest BCUT2D eigenvalue weighted by Crippen LogP contribution is -2.25. The average Bonchev–Trinajstić information content (AvgIpc) is 2.29. The van der Waals surface area contributed by atoms with Crippen molar-refractivity contribution < 1.29 is 13.2 Å². The van der Waals surface area contributed by atoms with Crippen LogP contribution in [0.3, 0.4) is 0 Å². The van der Waals surface area contributed by atoms with Crippen molar-refractivity contribution in [2.45, 2.75) is 18.6 Å². The van der Waals surface area contributed by atoms with Crippen LogP contribution < -0.4 is 4.72 Å². The molecule has 0 amide bonds. The summed E-state index contributed by atoms with van der Waals surface area (Å²) in [6.07, 6.45) is 0.832. The number of rotatable bonds is 5. The smallest absolute Gasteiger partial charge is 0.249 e. The molecule has 1 unspecified atom stereocenters. The summed E-state index contributed by atoms with van der Waals surface area (Å²) >= 11 is 0. The minimum atomic E-state index is -3.73. The highest BCUT2D eigenvalue weighted by atomic mass is 32.2. The van der Waals surface area contributed by atoms with Gasteiger partial charge in [-0.05, 0) is 18.6 Å². The molecule has 5 nitrogen and oxygen atoms in total.